The van der Waals surface area contributed by atoms with E-state index >= 15 is 0 Å². The fourth-order valence-electron chi connectivity index (χ4n) is 2.98. The van der Waals surface area contributed by atoms with Crippen molar-refractivity contribution in [1.29, 1.82) is 0 Å². The molecular weight excluding hydrogens is 328 g/mol. The lowest BCUT2D eigenvalue weighted by Gasteiger charge is -2.16. The van der Waals surface area contributed by atoms with Crippen LogP contribution in [0.5, 0.6) is 0 Å². The van der Waals surface area contributed by atoms with E-state index in [1.807, 2.05) is 30.3 Å². The van der Waals surface area contributed by atoms with Crippen LogP contribution in [0.3, 0.4) is 0 Å². The zero-order valence-corrected chi connectivity index (χ0v) is 15.2. The van der Waals surface area contributed by atoms with Crippen molar-refractivity contribution in [3.8, 4) is 0 Å². The first kappa shape index (κ1) is 18.0. The fourth-order valence-corrected chi connectivity index (χ4v) is 4.28. The van der Waals surface area contributed by atoms with Crippen molar-refractivity contribution >= 4 is 34.7 Å². The topological polar surface area (TPSA) is 32.3 Å². The number of carbonyl (C=O) groups excluding carboxylic acids is 1. The van der Waals surface area contributed by atoms with Crippen molar-refractivity contribution in [2.75, 3.05) is 19.4 Å². The maximum atomic E-state index is 12.4. The smallest absolute Gasteiger partial charge is 0.256 e. The van der Waals surface area contributed by atoms with E-state index in [0.717, 1.165) is 24.4 Å². The molecule has 1 amide bonds. The summed E-state index contributed by atoms with van der Waals surface area (Å²) in [5.41, 5.74) is 3.51. The molecule has 2 aromatic rings. The fraction of sp³-hybridized carbons (Fsp3) is 0.389. The minimum atomic E-state index is -0.0146. The van der Waals surface area contributed by atoms with E-state index in [-0.39, 0.29) is 18.3 Å². The molecule has 23 heavy (non-hydrogen) atoms. The third-order valence-corrected chi connectivity index (χ3v) is 5.27. The van der Waals surface area contributed by atoms with E-state index in [2.05, 4.69) is 24.3 Å². The van der Waals surface area contributed by atoms with Gasteiger partial charge in [-0.2, -0.15) is 0 Å². The van der Waals surface area contributed by atoms with Gasteiger partial charge in [-0.1, -0.05) is 18.2 Å². The molecule has 1 N–H and O–H groups in total. The van der Waals surface area contributed by atoms with Crippen LogP contribution in [0.4, 0.5) is 5.00 Å². The standard InChI is InChI=1S/C18H22N2OS.ClH/c1-20(2)12-15-14-10-6-7-11-16(14)22-18(15)19-17(21)13-8-4-3-5-9-13;/h3-5,8-9H,6-7,10-12H2,1-2H3,(H,19,21);1H. The minimum absolute atomic E-state index is 0. The van der Waals surface area contributed by atoms with Gasteiger partial charge in [-0.05, 0) is 57.5 Å². The summed E-state index contributed by atoms with van der Waals surface area (Å²) in [6.07, 6.45) is 4.83. The molecule has 0 bridgehead atoms. The van der Waals surface area contributed by atoms with Crippen molar-refractivity contribution in [2.24, 2.45) is 0 Å². The first-order chi connectivity index (χ1) is 10.6. The Hall–Kier alpha value is -1.36. The highest BCUT2D eigenvalue weighted by Gasteiger charge is 2.22. The Morgan fingerprint density at radius 3 is 2.57 bits per heavy atom. The molecule has 124 valence electrons. The Morgan fingerprint density at radius 2 is 1.87 bits per heavy atom. The molecule has 3 rings (SSSR count). The second-order valence-corrected chi connectivity index (χ2v) is 7.18. The third kappa shape index (κ3) is 4.14. The van der Waals surface area contributed by atoms with Gasteiger partial charge in [-0.15, -0.1) is 23.7 Å². The molecule has 1 aliphatic rings. The number of anilines is 1. The maximum absolute atomic E-state index is 12.4. The van der Waals surface area contributed by atoms with Crippen molar-refractivity contribution in [3.63, 3.8) is 0 Å². The normalized spacial score (nSPS) is 13.3. The molecule has 0 saturated carbocycles. The van der Waals surface area contributed by atoms with Gasteiger partial charge >= 0.3 is 0 Å². The Labute approximate surface area is 148 Å². The van der Waals surface area contributed by atoms with Crippen molar-refractivity contribution in [2.45, 2.75) is 32.2 Å². The summed E-state index contributed by atoms with van der Waals surface area (Å²) >= 11 is 1.77. The van der Waals surface area contributed by atoms with Crippen LogP contribution in [0.15, 0.2) is 30.3 Å². The van der Waals surface area contributed by atoms with Gasteiger partial charge in [0.05, 0.1) is 0 Å². The summed E-state index contributed by atoms with van der Waals surface area (Å²) in [6, 6.07) is 9.44. The Bertz CT molecular complexity index is 667. The number of nitrogens with one attached hydrogen (secondary N) is 1. The predicted molar refractivity (Wildman–Crippen MR) is 100.0 cm³/mol. The van der Waals surface area contributed by atoms with Gasteiger partial charge in [0.2, 0.25) is 0 Å². The SMILES string of the molecule is CN(C)Cc1c(NC(=O)c2ccccc2)sc2c1CCCC2.Cl. The highest BCUT2D eigenvalue weighted by molar-refractivity contribution is 7.16. The number of hydrogen-bond acceptors (Lipinski definition) is 3. The van der Waals surface area contributed by atoms with Crippen LogP contribution in [0.25, 0.3) is 0 Å². The second kappa shape index (κ2) is 7.95. The van der Waals surface area contributed by atoms with Crippen LogP contribution < -0.4 is 5.32 Å². The molecule has 0 radical (unpaired) electrons. The monoisotopic (exact) mass is 350 g/mol. The number of amides is 1. The van der Waals surface area contributed by atoms with Gasteiger partial charge in [-0.3, -0.25) is 4.79 Å². The Kier molecular flexibility index (Phi) is 6.22. The van der Waals surface area contributed by atoms with Crippen LogP contribution in [-0.2, 0) is 19.4 Å². The molecular formula is C18H23ClN2OS. The van der Waals surface area contributed by atoms with Crippen molar-refractivity contribution in [3.05, 3.63) is 51.9 Å². The second-order valence-electron chi connectivity index (χ2n) is 6.08. The molecule has 3 nitrogen and oxygen atoms in total. The first-order valence-electron chi connectivity index (χ1n) is 7.79. The van der Waals surface area contributed by atoms with Gasteiger partial charge in [0.25, 0.3) is 5.91 Å². The molecule has 5 heteroatoms. The van der Waals surface area contributed by atoms with E-state index in [1.54, 1.807) is 11.3 Å². The molecule has 1 aromatic carbocycles. The lowest BCUT2D eigenvalue weighted by molar-refractivity contribution is 0.102. The number of carbonyl (C=O) groups is 1. The van der Waals surface area contributed by atoms with E-state index < -0.39 is 0 Å². The van der Waals surface area contributed by atoms with Crippen LogP contribution >= 0.6 is 23.7 Å². The summed E-state index contributed by atoms with van der Waals surface area (Å²) in [6.45, 7) is 0.885. The van der Waals surface area contributed by atoms with Gasteiger partial charge in [-0.25, -0.2) is 0 Å². The molecule has 1 aromatic heterocycles. The van der Waals surface area contributed by atoms with Gasteiger partial charge in [0.15, 0.2) is 0 Å². The molecule has 0 atom stereocenters. The first-order valence-corrected chi connectivity index (χ1v) is 8.61. The lowest BCUT2D eigenvalue weighted by atomic mass is 9.95. The average molecular weight is 351 g/mol. The van der Waals surface area contributed by atoms with E-state index in [4.69, 9.17) is 0 Å². The molecule has 1 aliphatic carbocycles. The summed E-state index contributed by atoms with van der Waals surface area (Å²) < 4.78 is 0. The number of nitrogens with zero attached hydrogens (tertiary/aromatic N) is 1. The number of aryl methyl sites for hydroxylation is 1. The third-order valence-electron chi connectivity index (χ3n) is 4.02. The maximum Gasteiger partial charge on any atom is 0.256 e. The van der Waals surface area contributed by atoms with Crippen LogP contribution in [0.1, 0.15) is 39.2 Å². The predicted octanol–water partition coefficient (Wildman–Crippen LogP) is 4.36. The summed E-state index contributed by atoms with van der Waals surface area (Å²) in [4.78, 5) is 16.1. The number of fused-ring (bicyclic) bond motifs is 1. The number of benzene rings is 1. The van der Waals surface area contributed by atoms with Gasteiger partial charge < -0.3 is 10.2 Å². The number of thiophene rings is 1. The van der Waals surface area contributed by atoms with E-state index in [0.29, 0.717) is 5.56 Å². The number of rotatable bonds is 4. The molecule has 0 aliphatic heterocycles. The molecule has 0 fully saturated rings. The average Bonchev–Trinajstić information content (AvgIpc) is 2.85. The molecule has 0 saturated heterocycles. The molecule has 1 heterocycles. The Balaban J connectivity index is 0.00000192. The zero-order valence-electron chi connectivity index (χ0n) is 13.6. The molecule has 0 unspecified atom stereocenters. The van der Waals surface area contributed by atoms with Crippen molar-refractivity contribution < 1.29 is 4.79 Å². The summed E-state index contributed by atoms with van der Waals surface area (Å²) in [5.74, 6) is -0.0146. The van der Waals surface area contributed by atoms with Gasteiger partial charge in [0.1, 0.15) is 5.00 Å². The quantitative estimate of drug-likeness (QED) is 0.888. The van der Waals surface area contributed by atoms with E-state index in [9.17, 15) is 4.79 Å². The minimum Gasteiger partial charge on any atom is -0.313 e. The highest BCUT2D eigenvalue weighted by atomic mass is 35.5. The largest absolute Gasteiger partial charge is 0.313 e. The molecule has 0 spiro atoms. The summed E-state index contributed by atoms with van der Waals surface area (Å²) in [7, 11) is 4.16. The Morgan fingerprint density at radius 1 is 1.17 bits per heavy atom. The van der Waals surface area contributed by atoms with Crippen LogP contribution in [0, 0.1) is 0 Å². The van der Waals surface area contributed by atoms with Crippen LogP contribution in [0.2, 0.25) is 0 Å². The van der Waals surface area contributed by atoms with Crippen molar-refractivity contribution in [1.82, 2.24) is 4.90 Å². The van der Waals surface area contributed by atoms with Gasteiger partial charge in [0, 0.05) is 22.5 Å². The number of hydrogen-bond donors (Lipinski definition) is 1. The summed E-state index contributed by atoms with van der Waals surface area (Å²) in [5, 5.41) is 4.18. The van der Waals surface area contributed by atoms with Crippen LogP contribution in [-0.4, -0.2) is 24.9 Å². The zero-order chi connectivity index (χ0) is 15.5. The highest BCUT2D eigenvalue weighted by Crippen LogP contribution is 2.38. The lowest BCUT2D eigenvalue weighted by Crippen LogP contribution is -2.16. The van der Waals surface area contributed by atoms with E-state index in [1.165, 1.54) is 28.8 Å². The number of halogens is 1.